The average Bonchev–Trinajstić information content (AvgIpc) is 3.07. The highest BCUT2D eigenvalue weighted by Crippen LogP contribution is 2.39. The minimum atomic E-state index is -0.709. The van der Waals surface area contributed by atoms with Crippen LogP contribution in [0.3, 0.4) is 0 Å². The van der Waals surface area contributed by atoms with Crippen molar-refractivity contribution in [2.75, 3.05) is 7.11 Å². The summed E-state index contributed by atoms with van der Waals surface area (Å²) in [5, 5.41) is 10.8. The molecule has 0 saturated carbocycles. The number of fused-ring (bicyclic) bond motifs is 5. The van der Waals surface area contributed by atoms with Gasteiger partial charge in [-0.05, 0) is 48.2 Å². The summed E-state index contributed by atoms with van der Waals surface area (Å²) >= 11 is 0. The van der Waals surface area contributed by atoms with Crippen LogP contribution in [0.2, 0.25) is 0 Å². The molecule has 1 aliphatic carbocycles. The number of ketones is 1. The van der Waals surface area contributed by atoms with Gasteiger partial charge in [-0.15, -0.1) is 0 Å². The molecule has 6 heteroatoms. The van der Waals surface area contributed by atoms with Crippen LogP contribution in [0.25, 0.3) is 22.3 Å². The number of hydrogen-bond donors (Lipinski definition) is 1. The molecular formula is C24H26N2O4. The first-order chi connectivity index (χ1) is 13.9. The molecule has 1 aromatic carbocycles. The van der Waals surface area contributed by atoms with Crippen LogP contribution >= 0.6 is 0 Å². The van der Waals surface area contributed by atoms with Gasteiger partial charge in [-0.3, -0.25) is 9.59 Å². The fourth-order valence-corrected chi connectivity index (χ4v) is 4.86. The standard InChI is InChI=1S/C23H22N2O4.CH4/c1-4-13-14-8-12(26)5-6-18(14)24-20-17(13)10-25-19(20)9-15-16(23(25)28)7-11(2)21(27)22(15)29-3;/h5-6,8-9,11,22,26H,4,7,10H2,1-3H3;1H4. The summed E-state index contributed by atoms with van der Waals surface area (Å²) < 4.78 is 7.25. The molecule has 0 fully saturated rings. The minimum absolute atomic E-state index is 0. The normalized spacial score (nSPS) is 19.2. The number of phenolic OH excluding ortho intramolecular Hbond substituents is 1. The van der Waals surface area contributed by atoms with Crippen molar-refractivity contribution in [2.45, 2.75) is 46.8 Å². The molecule has 3 aromatic rings. The van der Waals surface area contributed by atoms with Gasteiger partial charge in [0.05, 0.1) is 23.4 Å². The largest absolute Gasteiger partial charge is 0.508 e. The lowest BCUT2D eigenvalue weighted by atomic mass is 9.82. The zero-order chi connectivity index (χ0) is 20.4. The number of ether oxygens (including phenoxy) is 1. The Morgan fingerprint density at radius 3 is 2.70 bits per heavy atom. The molecular weight excluding hydrogens is 380 g/mol. The third-order valence-electron chi connectivity index (χ3n) is 6.31. The number of Topliss-reactive ketones (excluding diaryl/α,β-unsaturated/α-hetero) is 1. The molecule has 1 N–H and O–H groups in total. The molecule has 1 aliphatic heterocycles. The maximum Gasteiger partial charge on any atom is 0.254 e. The van der Waals surface area contributed by atoms with E-state index < -0.39 is 6.10 Å². The fraction of sp³-hybridized carbons (Fsp3) is 0.375. The maximum atomic E-state index is 13.4. The second kappa shape index (κ2) is 7.06. The van der Waals surface area contributed by atoms with Crippen LogP contribution in [0.4, 0.5) is 0 Å². The number of aryl methyl sites for hydroxylation is 1. The van der Waals surface area contributed by atoms with Gasteiger partial charge in [-0.25, -0.2) is 4.98 Å². The SMILES string of the molecule is C.CCc1c2c(nc3ccc(O)cc13)-c1cc3c(c(=O)n1C2)CC(C)C(=O)C3OC. The summed E-state index contributed by atoms with van der Waals surface area (Å²) in [5.41, 5.74) is 5.67. The smallest absolute Gasteiger partial charge is 0.254 e. The van der Waals surface area contributed by atoms with Gasteiger partial charge >= 0.3 is 0 Å². The van der Waals surface area contributed by atoms with Crippen molar-refractivity contribution in [3.63, 3.8) is 0 Å². The van der Waals surface area contributed by atoms with Crippen molar-refractivity contribution in [3.05, 3.63) is 56.9 Å². The summed E-state index contributed by atoms with van der Waals surface area (Å²) in [6, 6.07) is 7.07. The molecule has 156 valence electrons. The van der Waals surface area contributed by atoms with Crippen LogP contribution in [0.1, 0.15) is 49.6 Å². The van der Waals surface area contributed by atoms with E-state index in [1.165, 1.54) is 7.11 Å². The van der Waals surface area contributed by atoms with Gasteiger partial charge in [-0.2, -0.15) is 0 Å². The van der Waals surface area contributed by atoms with E-state index >= 15 is 0 Å². The molecule has 0 radical (unpaired) electrons. The number of aromatic hydroxyl groups is 1. The maximum absolute atomic E-state index is 13.4. The lowest BCUT2D eigenvalue weighted by Gasteiger charge is -2.27. The fourth-order valence-electron chi connectivity index (χ4n) is 4.86. The lowest BCUT2D eigenvalue weighted by Crippen LogP contribution is -2.36. The highest BCUT2D eigenvalue weighted by molar-refractivity contribution is 5.91. The van der Waals surface area contributed by atoms with E-state index in [0.717, 1.165) is 39.8 Å². The number of carbonyl (C=O) groups excluding carboxylic acids is 1. The van der Waals surface area contributed by atoms with E-state index in [1.54, 1.807) is 22.8 Å². The topological polar surface area (TPSA) is 81.4 Å². The molecule has 0 amide bonds. The first-order valence-electron chi connectivity index (χ1n) is 9.92. The van der Waals surface area contributed by atoms with Crippen LogP contribution < -0.4 is 5.56 Å². The third-order valence-corrected chi connectivity index (χ3v) is 6.31. The van der Waals surface area contributed by atoms with Gasteiger partial charge in [0.15, 0.2) is 5.78 Å². The molecule has 5 rings (SSSR count). The Bertz CT molecular complexity index is 1260. The first kappa shape index (κ1) is 20.3. The van der Waals surface area contributed by atoms with Crippen LogP contribution in [-0.2, 0) is 28.9 Å². The van der Waals surface area contributed by atoms with Crippen LogP contribution in [-0.4, -0.2) is 27.6 Å². The number of rotatable bonds is 2. The van der Waals surface area contributed by atoms with Crippen molar-refractivity contribution in [2.24, 2.45) is 5.92 Å². The molecule has 6 nitrogen and oxygen atoms in total. The Labute approximate surface area is 175 Å². The molecule has 0 spiro atoms. The Morgan fingerprint density at radius 2 is 2.00 bits per heavy atom. The number of carbonyl (C=O) groups is 1. The molecule has 2 atom stereocenters. The molecule has 2 unspecified atom stereocenters. The number of benzene rings is 1. The second-order valence-corrected chi connectivity index (χ2v) is 7.95. The summed E-state index contributed by atoms with van der Waals surface area (Å²) in [4.78, 5) is 30.8. The van der Waals surface area contributed by atoms with E-state index in [1.807, 2.05) is 13.0 Å². The predicted molar refractivity (Wildman–Crippen MR) is 116 cm³/mol. The van der Waals surface area contributed by atoms with E-state index in [2.05, 4.69) is 6.92 Å². The number of phenols is 1. The van der Waals surface area contributed by atoms with Crippen LogP contribution in [0.15, 0.2) is 29.1 Å². The second-order valence-electron chi connectivity index (χ2n) is 7.95. The van der Waals surface area contributed by atoms with Crippen molar-refractivity contribution < 1.29 is 14.6 Å². The Kier molecular flexibility index (Phi) is 4.77. The van der Waals surface area contributed by atoms with Gasteiger partial charge in [0, 0.05) is 29.5 Å². The van der Waals surface area contributed by atoms with E-state index in [4.69, 9.17) is 9.72 Å². The molecule has 0 bridgehead atoms. The third kappa shape index (κ3) is 2.63. The van der Waals surface area contributed by atoms with Crippen LogP contribution in [0.5, 0.6) is 5.75 Å². The zero-order valence-electron chi connectivity index (χ0n) is 16.7. The van der Waals surface area contributed by atoms with E-state index in [0.29, 0.717) is 24.1 Å². The number of nitrogens with zero attached hydrogens (tertiary/aromatic N) is 2. The number of methoxy groups -OCH3 is 1. The zero-order valence-corrected chi connectivity index (χ0v) is 16.7. The highest BCUT2D eigenvalue weighted by Gasteiger charge is 2.37. The Hall–Kier alpha value is -2.99. The van der Waals surface area contributed by atoms with Gasteiger partial charge in [0.1, 0.15) is 11.9 Å². The van der Waals surface area contributed by atoms with Gasteiger partial charge < -0.3 is 14.4 Å². The highest BCUT2D eigenvalue weighted by atomic mass is 16.5. The molecule has 2 aromatic heterocycles. The summed E-state index contributed by atoms with van der Waals surface area (Å²) in [5.74, 6) is -0.0243. The quantitative estimate of drug-likeness (QED) is 0.548. The predicted octanol–water partition coefficient (Wildman–Crippen LogP) is 3.78. The van der Waals surface area contributed by atoms with E-state index in [-0.39, 0.29) is 30.4 Å². The summed E-state index contributed by atoms with van der Waals surface area (Å²) in [7, 11) is 1.51. The first-order valence-corrected chi connectivity index (χ1v) is 9.92. The monoisotopic (exact) mass is 406 g/mol. The summed E-state index contributed by atoms with van der Waals surface area (Å²) in [6.45, 7) is 4.37. The van der Waals surface area contributed by atoms with Crippen molar-refractivity contribution in [1.29, 1.82) is 0 Å². The average molecular weight is 406 g/mol. The summed E-state index contributed by atoms with van der Waals surface area (Å²) in [6.07, 6.45) is 0.496. The minimum Gasteiger partial charge on any atom is -0.508 e. The van der Waals surface area contributed by atoms with E-state index in [9.17, 15) is 14.7 Å². The van der Waals surface area contributed by atoms with Gasteiger partial charge in [0.2, 0.25) is 0 Å². The van der Waals surface area contributed by atoms with Gasteiger partial charge in [0.25, 0.3) is 5.56 Å². The Morgan fingerprint density at radius 1 is 1.23 bits per heavy atom. The molecule has 30 heavy (non-hydrogen) atoms. The van der Waals surface area contributed by atoms with Crippen LogP contribution in [0, 0.1) is 5.92 Å². The lowest BCUT2D eigenvalue weighted by molar-refractivity contribution is -0.133. The van der Waals surface area contributed by atoms with Gasteiger partial charge in [-0.1, -0.05) is 21.3 Å². The number of pyridine rings is 2. The molecule has 0 saturated heterocycles. The molecule has 3 heterocycles. The Balaban J connectivity index is 0.00000218. The van der Waals surface area contributed by atoms with Crippen molar-refractivity contribution in [1.82, 2.24) is 9.55 Å². The van der Waals surface area contributed by atoms with Crippen molar-refractivity contribution >= 4 is 16.7 Å². The molecule has 2 aliphatic rings. The number of aromatic nitrogens is 2. The van der Waals surface area contributed by atoms with Crippen molar-refractivity contribution in [3.8, 4) is 17.1 Å². The number of hydrogen-bond acceptors (Lipinski definition) is 5.